The Bertz CT molecular complexity index is 586. The van der Waals surface area contributed by atoms with Crippen LogP contribution in [0.1, 0.15) is 0 Å². The van der Waals surface area contributed by atoms with E-state index in [1.807, 2.05) is 0 Å². The number of nitro benzene ring substituents is 1. The first-order valence-corrected chi connectivity index (χ1v) is 6.84. The van der Waals surface area contributed by atoms with E-state index in [4.69, 9.17) is 0 Å². The number of benzene rings is 1. The van der Waals surface area contributed by atoms with E-state index in [2.05, 4.69) is 13.2 Å². The lowest BCUT2D eigenvalue weighted by Gasteiger charge is -2.18. The second-order valence-electron chi connectivity index (χ2n) is 3.62. The third-order valence-corrected chi connectivity index (χ3v) is 4.22. The minimum absolute atomic E-state index is 0.0560. The maximum atomic E-state index is 12.4. The second kappa shape index (κ2) is 6.26. The molecule has 0 aliphatic carbocycles. The van der Waals surface area contributed by atoms with Crippen LogP contribution in [0.15, 0.2) is 54.5 Å². The van der Waals surface area contributed by atoms with E-state index in [-0.39, 0.29) is 18.0 Å². The van der Waals surface area contributed by atoms with Crippen LogP contribution in [0.25, 0.3) is 0 Å². The highest BCUT2D eigenvalue weighted by molar-refractivity contribution is 7.89. The number of hydrogen-bond acceptors (Lipinski definition) is 4. The molecule has 102 valence electrons. The molecule has 1 aromatic carbocycles. The highest BCUT2D eigenvalue weighted by Gasteiger charge is 2.29. The lowest BCUT2D eigenvalue weighted by Crippen LogP contribution is -2.31. The van der Waals surface area contributed by atoms with Crippen molar-refractivity contribution in [3.8, 4) is 0 Å². The maximum Gasteiger partial charge on any atom is 0.289 e. The van der Waals surface area contributed by atoms with Gasteiger partial charge in [0.1, 0.15) is 0 Å². The van der Waals surface area contributed by atoms with Gasteiger partial charge in [-0.2, -0.15) is 4.31 Å². The molecule has 0 aliphatic heterocycles. The Hall–Kier alpha value is -1.99. The number of nitrogens with zero attached hydrogens (tertiary/aromatic N) is 2. The van der Waals surface area contributed by atoms with Crippen LogP contribution in [0.5, 0.6) is 0 Å². The maximum absolute atomic E-state index is 12.4. The largest absolute Gasteiger partial charge is 0.289 e. The molecule has 0 saturated heterocycles. The zero-order valence-corrected chi connectivity index (χ0v) is 11.0. The van der Waals surface area contributed by atoms with Crippen molar-refractivity contribution >= 4 is 15.7 Å². The SMILES string of the molecule is C=CCN(CC=C)S(=O)(=O)c1ccccc1[N+](=O)[O-]. The van der Waals surface area contributed by atoms with Gasteiger partial charge >= 0.3 is 0 Å². The van der Waals surface area contributed by atoms with Crippen molar-refractivity contribution in [2.45, 2.75) is 4.90 Å². The molecule has 0 aliphatic rings. The van der Waals surface area contributed by atoms with Crippen molar-refractivity contribution in [2.24, 2.45) is 0 Å². The summed E-state index contributed by atoms with van der Waals surface area (Å²) in [5.74, 6) is 0. The number of sulfonamides is 1. The molecule has 0 fully saturated rings. The Kier molecular flexibility index (Phi) is 4.96. The van der Waals surface area contributed by atoms with Gasteiger partial charge in [-0.1, -0.05) is 24.3 Å². The molecule has 0 atom stereocenters. The van der Waals surface area contributed by atoms with Crippen molar-refractivity contribution in [3.05, 3.63) is 59.7 Å². The average molecular weight is 282 g/mol. The third kappa shape index (κ3) is 3.27. The molecular formula is C12H14N2O4S. The highest BCUT2D eigenvalue weighted by Crippen LogP contribution is 2.26. The number of nitro groups is 1. The summed E-state index contributed by atoms with van der Waals surface area (Å²) < 4.78 is 25.8. The summed E-state index contributed by atoms with van der Waals surface area (Å²) in [6, 6.07) is 5.24. The van der Waals surface area contributed by atoms with E-state index in [9.17, 15) is 18.5 Å². The van der Waals surface area contributed by atoms with Crippen LogP contribution in [-0.2, 0) is 10.0 Å². The minimum Gasteiger partial charge on any atom is -0.258 e. The predicted molar refractivity (Wildman–Crippen MR) is 72.2 cm³/mol. The smallest absolute Gasteiger partial charge is 0.258 e. The Labute approximate surface area is 111 Å². The lowest BCUT2D eigenvalue weighted by molar-refractivity contribution is -0.387. The average Bonchev–Trinajstić information content (AvgIpc) is 2.38. The number of para-hydroxylation sites is 1. The van der Waals surface area contributed by atoms with Gasteiger partial charge in [-0.05, 0) is 6.07 Å². The first-order chi connectivity index (χ1) is 8.95. The van der Waals surface area contributed by atoms with Crippen LogP contribution >= 0.6 is 0 Å². The molecule has 0 unspecified atom stereocenters. The molecule has 0 saturated carbocycles. The van der Waals surface area contributed by atoms with Crippen LogP contribution in [-0.4, -0.2) is 30.7 Å². The monoisotopic (exact) mass is 282 g/mol. The normalized spacial score (nSPS) is 11.2. The standard InChI is InChI=1S/C12H14N2O4S/c1-3-9-13(10-4-2)19(17,18)12-8-6-5-7-11(12)14(15)16/h3-8H,1-2,9-10H2. The molecule has 1 aromatic rings. The molecule has 6 nitrogen and oxygen atoms in total. The van der Waals surface area contributed by atoms with Gasteiger partial charge in [0, 0.05) is 19.2 Å². The van der Waals surface area contributed by atoms with E-state index in [1.165, 1.54) is 30.4 Å². The molecule has 0 heterocycles. The summed E-state index contributed by atoms with van der Waals surface area (Å²) in [6.45, 7) is 7.06. The van der Waals surface area contributed by atoms with Gasteiger partial charge < -0.3 is 0 Å². The van der Waals surface area contributed by atoms with Gasteiger partial charge in [0.05, 0.1) is 4.92 Å². The topological polar surface area (TPSA) is 80.5 Å². The van der Waals surface area contributed by atoms with Gasteiger partial charge in [-0.3, -0.25) is 10.1 Å². The molecule has 0 spiro atoms. The molecule has 0 aromatic heterocycles. The van der Waals surface area contributed by atoms with Gasteiger partial charge in [-0.15, -0.1) is 13.2 Å². The van der Waals surface area contributed by atoms with Crippen molar-refractivity contribution < 1.29 is 13.3 Å². The van der Waals surface area contributed by atoms with Gasteiger partial charge in [0.25, 0.3) is 5.69 Å². The van der Waals surface area contributed by atoms with Crippen LogP contribution in [0.4, 0.5) is 5.69 Å². The van der Waals surface area contributed by atoms with E-state index < -0.39 is 20.6 Å². The number of hydrogen-bond donors (Lipinski definition) is 0. The molecule has 0 radical (unpaired) electrons. The lowest BCUT2D eigenvalue weighted by atomic mass is 10.3. The Balaban J connectivity index is 3.36. The molecule has 0 amide bonds. The summed E-state index contributed by atoms with van der Waals surface area (Å²) in [4.78, 5) is 9.84. The zero-order valence-electron chi connectivity index (χ0n) is 10.2. The minimum atomic E-state index is -3.95. The Morgan fingerprint density at radius 2 is 1.74 bits per heavy atom. The summed E-state index contributed by atoms with van der Waals surface area (Å²) in [7, 11) is -3.95. The van der Waals surface area contributed by atoms with E-state index in [0.29, 0.717) is 0 Å². The van der Waals surface area contributed by atoms with Crippen LogP contribution < -0.4 is 0 Å². The molecular weight excluding hydrogens is 268 g/mol. The summed E-state index contributed by atoms with van der Waals surface area (Å²) in [5, 5.41) is 10.9. The third-order valence-electron chi connectivity index (χ3n) is 2.35. The van der Waals surface area contributed by atoms with Crippen molar-refractivity contribution in [3.63, 3.8) is 0 Å². The van der Waals surface area contributed by atoms with Crippen molar-refractivity contribution in [1.29, 1.82) is 0 Å². The van der Waals surface area contributed by atoms with Crippen LogP contribution in [0, 0.1) is 10.1 Å². The van der Waals surface area contributed by atoms with Gasteiger partial charge in [-0.25, -0.2) is 8.42 Å². The molecule has 0 N–H and O–H groups in total. The fourth-order valence-electron chi connectivity index (χ4n) is 1.52. The van der Waals surface area contributed by atoms with Gasteiger partial charge in [0.15, 0.2) is 4.90 Å². The predicted octanol–water partition coefficient (Wildman–Crippen LogP) is 1.96. The zero-order chi connectivity index (χ0) is 14.5. The van der Waals surface area contributed by atoms with E-state index >= 15 is 0 Å². The quantitative estimate of drug-likeness (QED) is 0.435. The van der Waals surface area contributed by atoms with Crippen LogP contribution in [0.2, 0.25) is 0 Å². The van der Waals surface area contributed by atoms with Crippen molar-refractivity contribution in [2.75, 3.05) is 13.1 Å². The van der Waals surface area contributed by atoms with Crippen LogP contribution in [0.3, 0.4) is 0 Å². The van der Waals surface area contributed by atoms with Gasteiger partial charge in [0.2, 0.25) is 10.0 Å². The summed E-state index contributed by atoms with van der Waals surface area (Å²) in [5.41, 5.74) is -0.444. The summed E-state index contributed by atoms with van der Waals surface area (Å²) in [6.07, 6.45) is 2.83. The molecule has 7 heteroatoms. The first kappa shape index (κ1) is 15.1. The fourth-order valence-corrected chi connectivity index (χ4v) is 3.06. The molecule has 1 rings (SSSR count). The number of rotatable bonds is 7. The fraction of sp³-hybridized carbons (Fsp3) is 0.167. The highest BCUT2D eigenvalue weighted by atomic mass is 32.2. The Morgan fingerprint density at radius 3 is 2.21 bits per heavy atom. The van der Waals surface area contributed by atoms with Crippen molar-refractivity contribution in [1.82, 2.24) is 4.31 Å². The molecule has 19 heavy (non-hydrogen) atoms. The Morgan fingerprint density at radius 1 is 1.21 bits per heavy atom. The molecule has 0 bridgehead atoms. The summed E-state index contributed by atoms with van der Waals surface area (Å²) >= 11 is 0. The van der Waals surface area contributed by atoms with E-state index in [1.54, 1.807) is 0 Å². The van der Waals surface area contributed by atoms with E-state index in [0.717, 1.165) is 10.4 Å². The first-order valence-electron chi connectivity index (χ1n) is 5.40. The second-order valence-corrected chi connectivity index (χ2v) is 5.53.